The molecule has 0 amide bonds. The van der Waals surface area contributed by atoms with E-state index < -0.39 is 0 Å². The van der Waals surface area contributed by atoms with Crippen LogP contribution in [0.2, 0.25) is 0 Å². The molecule has 0 radical (unpaired) electrons. The summed E-state index contributed by atoms with van der Waals surface area (Å²) in [5, 5.41) is 11.2. The lowest BCUT2D eigenvalue weighted by Gasteiger charge is -1.91. The number of hydrogen-bond acceptors (Lipinski definition) is 2. The fourth-order valence-electron chi connectivity index (χ4n) is 0.483. The van der Waals surface area contributed by atoms with Gasteiger partial charge in [0.25, 0.3) is 0 Å². The monoisotopic (exact) mass is 115 g/mol. The molecular weight excluding hydrogens is 102 g/mol. The summed E-state index contributed by atoms with van der Waals surface area (Å²) >= 11 is 0. The molecule has 0 fully saturated rings. The Balaban J connectivity index is 3.12. The van der Waals surface area contributed by atoms with Crippen molar-refractivity contribution in [1.29, 1.82) is 0 Å². The van der Waals surface area contributed by atoms with Gasteiger partial charge in [-0.1, -0.05) is 18.5 Å². The van der Waals surface area contributed by atoms with Crippen LogP contribution in [0.1, 0.15) is 33.1 Å². The van der Waals surface area contributed by atoms with Crippen molar-refractivity contribution in [1.82, 2.24) is 0 Å². The highest BCUT2D eigenvalue weighted by Crippen LogP contribution is 1.94. The quantitative estimate of drug-likeness (QED) is 0.340. The second kappa shape index (κ2) is 4.62. The van der Waals surface area contributed by atoms with E-state index in [2.05, 4.69) is 12.1 Å². The third kappa shape index (κ3) is 3.65. The zero-order valence-corrected chi connectivity index (χ0v) is 5.52. The Bertz CT molecular complexity index is 78.6. The average molecular weight is 115 g/mol. The molecule has 0 spiro atoms. The van der Waals surface area contributed by atoms with Gasteiger partial charge in [0.1, 0.15) is 0 Å². The molecule has 0 unspecified atom stereocenters. The van der Waals surface area contributed by atoms with Gasteiger partial charge in [0, 0.05) is 0 Å². The molecule has 0 aromatic rings. The van der Waals surface area contributed by atoms with Gasteiger partial charge < -0.3 is 5.21 Å². The van der Waals surface area contributed by atoms with Crippen molar-refractivity contribution in [2.75, 3.05) is 0 Å². The summed E-state index contributed by atoms with van der Waals surface area (Å²) in [6, 6.07) is 0. The fraction of sp³-hybridized carbons (Fsp3) is 0.833. The van der Waals surface area contributed by atoms with Crippen LogP contribution in [0.5, 0.6) is 0 Å². The summed E-state index contributed by atoms with van der Waals surface area (Å²) in [6.45, 7) is 3.94. The summed E-state index contributed by atoms with van der Waals surface area (Å²) < 4.78 is 0. The van der Waals surface area contributed by atoms with Gasteiger partial charge in [0.15, 0.2) is 0 Å². The lowest BCUT2D eigenvalue weighted by atomic mass is 10.2. The Morgan fingerprint density at radius 3 is 2.62 bits per heavy atom. The molecule has 0 bridgehead atoms. The first kappa shape index (κ1) is 7.47. The molecule has 0 aliphatic carbocycles. The summed E-state index contributed by atoms with van der Waals surface area (Å²) in [4.78, 5) is 0. The van der Waals surface area contributed by atoms with Gasteiger partial charge in [-0.05, 0) is 19.8 Å². The highest BCUT2D eigenvalue weighted by molar-refractivity contribution is 5.81. The summed E-state index contributed by atoms with van der Waals surface area (Å²) in [5.41, 5.74) is 0.826. The molecule has 8 heavy (non-hydrogen) atoms. The maximum absolute atomic E-state index is 8.15. The second-order valence-electron chi connectivity index (χ2n) is 1.94. The third-order valence-corrected chi connectivity index (χ3v) is 1.06. The van der Waals surface area contributed by atoms with Crippen molar-refractivity contribution < 1.29 is 5.21 Å². The predicted molar refractivity (Wildman–Crippen MR) is 34.4 cm³/mol. The lowest BCUT2D eigenvalue weighted by molar-refractivity contribution is 0.317. The van der Waals surface area contributed by atoms with Crippen LogP contribution in [0.15, 0.2) is 5.16 Å². The van der Waals surface area contributed by atoms with Gasteiger partial charge >= 0.3 is 0 Å². The predicted octanol–water partition coefficient (Wildman–Crippen LogP) is 2.03. The Labute approximate surface area is 50.2 Å². The van der Waals surface area contributed by atoms with Crippen molar-refractivity contribution in [2.45, 2.75) is 33.1 Å². The molecule has 2 nitrogen and oxygen atoms in total. The average Bonchev–Trinajstić information content (AvgIpc) is 1.83. The van der Waals surface area contributed by atoms with E-state index in [4.69, 9.17) is 5.21 Å². The number of oxime groups is 1. The Morgan fingerprint density at radius 2 is 2.25 bits per heavy atom. The SMILES string of the molecule is CCCC/C(C)=N/O. The Hall–Kier alpha value is -0.530. The minimum absolute atomic E-state index is 0.826. The fourth-order valence-corrected chi connectivity index (χ4v) is 0.483. The Morgan fingerprint density at radius 1 is 1.62 bits per heavy atom. The molecule has 0 aromatic carbocycles. The highest BCUT2D eigenvalue weighted by Gasteiger charge is 1.87. The van der Waals surface area contributed by atoms with Crippen molar-refractivity contribution in [3.8, 4) is 0 Å². The molecule has 0 aromatic heterocycles. The van der Waals surface area contributed by atoms with Gasteiger partial charge in [-0.15, -0.1) is 0 Å². The first-order valence-electron chi connectivity index (χ1n) is 2.98. The van der Waals surface area contributed by atoms with Crippen LogP contribution in [0.3, 0.4) is 0 Å². The van der Waals surface area contributed by atoms with E-state index in [1.165, 1.54) is 0 Å². The molecular formula is C6H13NO. The second-order valence-corrected chi connectivity index (χ2v) is 1.94. The molecule has 48 valence electrons. The van der Waals surface area contributed by atoms with Crippen LogP contribution in [-0.2, 0) is 0 Å². The smallest absolute Gasteiger partial charge is 0.0540 e. The van der Waals surface area contributed by atoms with Gasteiger partial charge in [-0.2, -0.15) is 0 Å². The van der Waals surface area contributed by atoms with E-state index in [-0.39, 0.29) is 0 Å². The molecule has 0 atom stereocenters. The van der Waals surface area contributed by atoms with Crippen LogP contribution in [0.25, 0.3) is 0 Å². The molecule has 0 rings (SSSR count). The molecule has 1 N–H and O–H groups in total. The van der Waals surface area contributed by atoms with Gasteiger partial charge in [0.2, 0.25) is 0 Å². The van der Waals surface area contributed by atoms with Gasteiger partial charge in [-0.3, -0.25) is 0 Å². The summed E-state index contributed by atoms with van der Waals surface area (Å²) in [6.07, 6.45) is 3.20. The number of unbranched alkanes of at least 4 members (excludes halogenated alkanes) is 1. The third-order valence-electron chi connectivity index (χ3n) is 1.06. The first-order valence-corrected chi connectivity index (χ1v) is 2.98. The van der Waals surface area contributed by atoms with E-state index >= 15 is 0 Å². The molecule has 2 heteroatoms. The van der Waals surface area contributed by atoms with Gasteiger partial charge in [-0.25, -0.2) is 0 Å². The standard InChI is InChI=1S/C6H13NO/c1-3-4-5-6(2)7-8/h8H,3-5H2,1-2H3/b7-6+. The first-order chi connectivity index (χ1) is 3.81. The molecule has 0 aliphatic rings. The van der Waals surface area contributed by atoms with E-state index in [0.29, 0.717) is 0 Å². The zero-order valence-electron chi connectivity index (χ0n) is 5.52. The lowest BCUT2D eigenvalue weighted by Crippen LogP contribution is -1.88. The molecule has 0 aliphatic heterocycles. The minimum Gasteiger partial charge on any atom is -0.411 e. The van der Waals surface area contributed by atoms with E-state index in [1.807, 2.05) is 6.92 Å². The van der Waals surface area contributed by atoms with E-state index in [9.17, 15) is 0 Å². The number of nitrogens with zero attached hydrogens (tertiary/aromatic N) is 1. The molecule has 0 heterocycles. The molecule has 0 saturated carbocycles. The molecule has 0 saturated heterocycles. The minimum atomic E-state index is 0.826. The van der Waals surface area contributed by atoms with E-state index in [1.54, 1.807) is 0 Å². The van der Waals surface area contributed by atoms with Crippen molar-refractivity contribution in [2.24, 2.45) is 5.16 Å². The van der Waals surface area contributed by atoms with Crippen molar-refractivity contribution in [3.05, 3.63) is 0 Å². The number of hydrogen-bond donors (Lipinski definition) is 1. The van der Waals surface area contributed by atoms with Crippen molar-refractivity contribution >= 4 is 5.71 Å². The summed E-state index contributed by atoms with van der Waals surface area (Å²) in [7, 11) is 0. The normalized spacial score (nSPS) is 12.0. The largest absolute Gasteiger partial charge is 0.411 e. The van der Waals surface area contributed by atoms with Crippen LogP contribution in [0.4, 0.5) is 0 Å². The van der Waals surface area contributed by atoms with Gasteiger partial charge in [0.05, 0.1) is 5.71 Å². The zero-order chi connectivity index (χ0) is 6.41. The number of rotatable bonds is 3. The van der Waals surface area contributed by atoms with Crippen LogP contribution < -0.4 is 0 Å². The highest BCUT2D eigenvalue weighted by atomic mass is 16.4. The van der Waals surface area contributed by atoms with Crippen molar-refractivity contribution in [3.63, 3.8) is 0 Å². The van der Waals surface area contributed by atoms with Crippen LogP contribution >= 0.6 is 0 Å². The summed E-state index contributed by atoms with van der Waals surface area (Å²) in [5.74, 6) is 0. The van der Waals surface area contributed by atoms with E-state index in [0.717, 1.165) is 25.0 Å². The van der Waals surface area contributed by atoms with Crippen LogP contribution in [0, 0.1) is 0 Å². The Kier molecular flexibility index (Phi) is 4.32. The topological polar surface area (TPSA) is 32.6 Å². The van der Waals surface area contributed by atoms with Crippen LogP contribution in [-0.4, -0.2) is 10.9 Å². The maximum atomic E-state index is 8.15. The maximum Gasteiger partial charge on any atom is 0.0540 e.